The number of para-hydroxylation sites is 2. The van der Waals surface area contributed by atoms with Crippen LogP contribution in [0.15, 0.2) is 38.3 Å². The monoisotopic (exact) mass is 408 g/mol. The molecule has 2 aromatic rings. The van der Waals surface area contributed by atoms with E-state index in [0.717, 1.165) is 11.3 Å². The Bertz CT molecular complexity index is 727. The van der Waals surface area contributed by atoms with Gasteiger partial charge >= 0.3 is 0 Å². The number of hydrogen-bond donors (Lipinski definition) is 1. The van der Waals surface area contributed by atoms with Gasteiger partial charge in [0.25, 0.3) is 10.0 Å². The third-order valence-electron chi connectivity index (χ3n) is 2.80. The van der Waals surface area contributed by atoms with Crippen LogP contribution < -0.4 is 10.0 Å². The molecule has 0 fully saturated rings. The summed E-state index contributed by atoms with van der Waals surface area (Å²) in [4.78, 5) is 0. The van der Waals surface area contributed by atoms with Gasteiger partial charge in [-0.3, -0.25) is 4.31 Å². The molecule has 0 saturated carbocycles. The highest BCUT2D eigenvalue weighted by Gasteiger charge is 2.28. The Hall–Kier alpha value is -0.760. The first-order chi connectivity index (χ1) is 9.87. The van der Waals surface area contributed by atoms with Gasteiger partial charge in [0.2, 0.25) is 0 Å². The molecule has 0 aliphatic carbocycles. The zero-order valence-electron chi connectivity index (χ0n) is 11.2. The van der Waals surface area contributed by atoms with Crippen molar-refractivity contribution in [1.82, 2.24) is 0 Å². The third-order valence-corrected chi connectivity index (χ3v) is 7.54. The van der Waals surface area contributed by atoms with E-state index in [0.29, 0.717) is 33.1 Å². The molecule has 2 N–H and O–H groups in total. The summed E-state index contributed by atoms with van der Waals surface area (Å²) >= 11 is 10.3. The van der Waals surface area contributed by atoms with Crippen molar-refractivity contribution in [2.24, 2.45) is 0 Å². The van der Waals surface area contributed by atoms with Crippen molar-refractivity contribution in [3.63, 3.8) is 0 Å². The highest BCUT2D eigenvalue weighted by Crippen LogP contribution is 2.38. The Balaban J connectivity index is 2.54. The van der Waals surface area contributed by atoms with Gasteiger partial charge in [-0.1, -0.05) is 30.7 Å². The van der Waals surface area contributed by atoms with Crippen LogP contribution in [0.25, 0.3) is 0 Å². The predicted octanol–water partition coefficient (Wildman–Crippen LogP) is 4.35. The standard InChI is InChI=1S/C13H14BrClN2O2S2/c1-2-7-17(11-6-4-3-5-10(11)16)21(18,19)12-8-9(15)13(14)20-12/h3-6,8H,2,7,16H2,1H3. The van der Waals surface area contributed by atoms with Crippen molar-refractivity contribution >= 4 is 60.3 Å². The fourth-order valence-electron chi connectivity index (χ4n) is 1.85. The molecule has 0 aliphatic heterocycles. The molecule has 8 heteroatoms. The van der Waals surface area contributed by atoms with E-state index in [2.05, 4.69) is 15.9 Å². The van der Waals surface area contributed by atoms with Crippen LogP contribution in [0.4, 0.5) is 11.4 Å². The smallest absolute Gasteiger partial charge is 0.273 e. The van der Waals surface area contributed by atoms with E-state index < -0.39 is 10.0 Å². The zero-order valence-corrected chi connectivity index (χ0v) is 15.2. The van der Waals surface area contributed by atoms with E-state index in [1.807, 2.05) is 6.92 Å². The lowest BCUT2D eigenvalue weighted by molar-refractivity contribution is 0.592. The Morgan fingerprint density at radius 2 is 2.05 bits per heavy atom. The SMILES string of the molecule is CCCN(c1ccccc1N)S(=O)(=O)c1cc(Cl)c(Br)s1. The fourth-order valence-corrected chi connectivity index (χ4v) is 5.95. The number of hydrogen-bond acceptors (Lipinski definition) is 4. The summed E-state index contributed by atoms with van der Waals surface area (Å²) in [5.41, 5.74) is 6.84. The molecule has 0 atom stereocenters. The summed E-state index contributed by atoms with van der Waals surface area (Å²) in [6, 6.07) is 8.38. The highest BCUT2D eigenvalue weighted by molar-refractivity contribution is 9.11. The molecule has 1 aromatic heterocycles. The summed E-state index contributed by atoms with van der Waals surface area (Å²) in [7, 11) is -3.68. The number of halogens is 2. The molecule has 0 radical (unpaired) electrons. The minimum atomic E-state index is -3.68. The Kier molecular flexibility index (Phi) is 5.19. The van der Waals surface area contributed by atoms with Crippen LogP contribution in [0.2, 0.25) is 5.02 Å². The van der Waals surface area contributed by atoms with E-state index in [1.165, 1.54) is 10.4 Å². The van der Waals surface area contributed by atoms with Crippen LogP contribution in [-0.2, 0) is 10.0 Å². The number of sulfonamides is 1. The van der Waals surface area contributed by atoms with Crippen LogP contribution in [0.3, 0.4) is 0 Å². The maximum Gasteiger partial charge on any atom is 0.273 e. The lowest BCUT2D eigenvalue weighted by atomic mass is 10.2. The lowest BCUT2D eigenvalue weighted by Gasteiger charge is -2.24. The van der Waals surface area contributed by atoms with Gasteiger partial charge in [-0.15, -0.1) is 11.3 Å². The molecule has 1 aromatic carbocycles. The van der Waals surface area contributed by atoms with Crippen LogP contribution in [0.1, 0.15) is 13.3 Å². The predicted molar refractivity (Wildman–Crippen MR) is 92.7 cm³/mol. The number of rotatable bonds is 5. The largest absolute Gasteiger partial charge is 0.397 e. The molecule has 2 rings (SSSR count). The Labute approximate surface area is 141 Å². The van der Waals surface area contributed by atoms with Gasteiger partial charge in [0.1, 0.15) is 4.21 Å². The van der Waals surface area contributed by atoms with Crippen molar-refractivity contribution in [1.29, 1.82) is 0 Å². The van der Waals surface area contributed by atoms with E-state index in [1.54, 1.807) is 24.3 Å². The van der Waals surface area contributed by atoms with Gasteiger partial charge in [-0.25, -0.2) is 8.42 Å². The van der Waals surface area contributed by atoms with E-state index in [9.17, 15) is 8.42 Å². The molecule has 0 spiro atoms. The van der Waals surface area contributed by atoms with Crippen LogP contribution in [0.5, 0.6) is 0 Å². The van der Waals surface area contributed by atoms with Crippen molar-refractivity contribution in [2.75, 3.05) is 16.6 Å². The van der Waals surface area contributed by atoms with Crippen LogP contribution >= 0.6 is 38.9 Å². The van der Waals surface area contributed by atoms with Crippen LogP contribution in [0, 0.1) is 0 Å². The average Bonchev–Trinajstić information content (AvgIpc) is 2.78. The molecule has 1 heterocycles. The molecule has 0 aliphatic rings. The number of nitrogens with two attached hydrogens (primary N) is 1. The quantitative estimate of drug-likeness (QED) is 0.747. The van der Waals surface area contributed by atoms with Crippen molar-refractivity contribution < 1.29 is 8.42 Å². The van der Waals surface area contributed by atoms with Crippen LogP contribution in [-0.4, -0.2) is 15.0 Å². The first-order valence-corrected chi connectivity index (χ1v) is 9.62. The maximum atomic E-state index is 12.8. The van der Waals surface area contributed by atoms with E-state index >= 15 is 0 Å². The van der Waals surface area contributed by atoms with Crippen molar-refractivity contribution in [3.05, 3.63) is 39.1 Å². The first kappa shape index (κ1) is 16.6. The summed E-state index contributed by atoms with van der Waals surface area (Å²) in [6.45, 7) is 2.27. The number of thiophene rings is 1. The number of benzene rings is 1. The molecule has 0 bridgehead atoms. The van der Waals surface area contributed by atoms with Crippen molar-refractivity contribution in [3.8, 4) is 0 Å². The number of nitrogens with zero attached hydrogens (tertiary/aromatic N) is 1. The molecule has 114 valence electrons. The van der Waals surface area contributed by atoms with Gasteiger partial charge in [0, 0.05) is 6.54 Å². The zero-order chi connectivity index (χ0) is 15.6. The van der Waals surface area contributed by atoms with E-state index in [4.69, 9.17) is 17.3 Å². The second-order valence-corrected chi connectivity index (χ2v) is 9.19. The van der Waals surface area contributed by atoms with Gasteiger partial charge in [0.15, 0.2) is 0 Å². The molecular weight excluding hydrogens is 396 g/mol. The summed E-state index contributed by atoms with van der Waals surface area (Å²) in [5.74, 6) is 0. The van der Waals surface area contributed by atoms with Crippen molar-refractivity contribution in [2.45, 2.75) is 17.6 Å². The molecule has 21 heavy (non-hydrogen) atoms. The van der Waals surface area contributed by atoms with Gasteiger partial charge in [-0.05, 0) is 40.5 Å². The Morgan fingerprint density at radius 1 is 1.38 bits per heavy atom. The number of anilines is 2. The molecule has 4 nitrogen and oxygen atoms in total. The first-order valence-electron chi connectivity index (χ1n) is 6.20. The van der Waals surface area contributed by atoms with Gasteiger partial charge in [0.05, 0.1) is 20.2 Å². The summed E-state index contributed by atoms with van der Waals surface area (Å²) in [5, 5.41) is 0.385. The maximum absolute atomic E-state index is 12.8. The minimum absolute atomic E-state index is 0.191. The normalized spacial score (nSPS) is 11.6. The summed E-state index contributed by atoms with van der Waals surface area (Å²) in [6.07, 6.45) is 0.674. The second kappa shape index (κ2) is 6.56. The molecule has 0 saturated heterocycles. The van der Waals surface area contributed by atoms with Gasteiger partial charge in [-0.2, -0.15) is 0 Å². The third kappa shape index (κ3) is 3.36. The summed E-state index contributed by atoms with van der Waals surface area (Å²) < 4.78 is 27.8. The topological polar surface area (TPSA) is 63.4 Å². The lowest BCUT2D eigenvalue weighted by Crippen LogP contribution is -2.31. The molecule has 0 amide bonds. The minimum Gasteiger partial charge on any atom is -0.397 e. The fraction of sp³-hybridized carbons (Fsp3) is 0.231. The second-order valence-electron chi connectivity index (χ2n) is 4.32. The van der Waals surface area contributed by atoms with Gasteiger partial charge < -0.3 is 5.73 Å². The highest BCUT2D eigenvalue weighted by atomic mass is 79.9. The number of nitrogen functional groups attached to an aromatic ring is 1. The average molecular weight is 410 g/mol. The van der Waals surface area contributed by atoms with E-state index in [-0.39, 0.29) is 4.21 Å². The Morgan fingerprint density at radius 3 is 2.57 bits per heavy atom. The molecular formula is C13H14BrClN2O2S2. The molecule has 0 unspecified atom stereocenters.